The van der Waals surface area contributed by atoms with Crippen LogP contribution in [0.3, 0.4) is 0 Å². The van der Waals surface area contributed by atoms with Crippen LogP contribution in [0.1, 0.15) is 26.7 Å². The van der Waals surface area contributed by atoms with Gasteiger partial charge in [0.15, 0.2) is 0 Å². The van der Waals surface area contributed by atoms with Crippen LogP contribution >= 0.6 is 0 Å². The Bertz CT molecular complexity index is 96.7. The minimum atomic E-state index is -0.398. The van der Waals surface area contributed by atoms with E-state index < -0.39 is 6.10 Å². The van der Waals surface area contributed by atoms with Gasteiger partial charge in [-0.1, -0.05) is 19.3 Å². The third-order valence-corrected chi connectivity index (χ3v) is 0.873. The quantitative estimate of drug-likeness (QED) is 0.532. The number of aliphatic hydroxyl groups excluding tert-OH is 1. The minimum Gasteiger partial charge on any atom is -0.380 e. The highest BCUT2D eigenvalue weighted by atomic mass is 16.3. The average molecular weight is 112 g/mol. The zero-order valence-corrected chi connectivity index (χ0v) is 5.44. The molecule has 0 aliphatic heterocycles. The maximum Gasteiger partial charge on any atom is 0.114 e. The second kappa shape index (κ2) is 4.67. The zero-order valence-electron chi connectivity index (χ0n) is 5.44. The molecule has 0 amide bonds. The number of hydrogen-bond acceptors (Lipinski definition) is 1. The Morgan fingerprint density at radius 1 is 1.62 bits per heavy atom. The van der Waals surface area contributed by atoms with Crippen LogP contribution < -0.4 is 0 Å². The molecule has 8 heavy (non-hydrogen) atoms. The molecule has 0 unspecified atom stereocenters. The van der Waals surface area contributed by atoms with Crippen LogP contribution in [0.4, 0.5) is 0 Å². The molecule has 0 aromatic rings. The first kappa shape index (κ1) is 7.52. The molecule has 0 spiro atoms. The molecule has 0 saturated carbocycles. The maximum atomic E-state index is 8.88. The Labute approximate surface area is 50.7 Å². The highest BCUT2D eigenvalue weighted by Crippen LogP contribution is 1.92. The predicted molar refractivity (Wildman–Crippen MR) is 34.4 cm³/mol. The molecule has 0 radical (unpaired) electrons. The normalized spacial score (nSPS) is 11.9. The van der Waals surface area contributed by atoms with Gasteiger partial charge in [-0.25, -0.2) is 0 Å². The fourth-order valence-electron chi connectivity index (χ4n) is 0.512. The van der Waals surface area contributed by atoms with Crippen molar-refractivity contribution in [3.05, 3.63) is 0 Å². The van der Waals surface area contributed by atoms with E-state index in [0.717, 1.165) is 12.8 Å². The average Bonchev–Trinajstić information content (AvgIpc) is 1.68. The molecule has 0 rings (SSSR count). The molecule has 0 aromatic carbocycles. The van der Waals surface area contributed by atoms with Crippen LogP contribution in [0.5, 0.6) is 0 Å². The lowest BCUT2D eigenvalue weighted by atomic mass is 10.2. The minimum absolute atomic E-state index is 0.398. The van der Waals surface area contributed by atoms with Gasteiger partial charge in [-0.2, -0.15) is 0 Å². The Morgan fingerprint density at radius 3 is 2.62 bits per heavy atom. The molecular weight excluding hydrogens is 100 g/mol. The summed E-state index contributed by atoms with van der Waals surface area (Å²) in [5, 5.41) is 8.88. The van der Waals surface area contributed by atoms with E-state index in [2.05, 4.69) is 11.8 Å². The smallest absolute Gasteiger partial charge is 0.114 e. The number of hydrogen-bond donors (Lipinski definition) is 1. The maximum absolute atomic E-state index is 8.88. The van der Waals surface area contributed by atoms with Crippen LogP contribution in [0.25, 0.3) is 0 Å². The van der Waals surface area contributed by atoms with Crippen LogP contribution in [0, 0.1) is 11.8 Å². The summed E-state index contributed by atoms with van der Waals surface area (Å²) in [5.74, 6) is 5.30. The first-order valence-electron chi connectivity index (χ1n) is 2.91. The van der Waals surface area contributed by atoms with Gasteiger partial charge >= 0.3 is 0 Å². The monoisotopic (exact) mass is 112 g/mol. The Kier molecular flexibility index (Phi) is 4.39. The molecule has 1 nitrogen and oxygen atoms in total. The topological polar surface area (TPSA) is 20.2 Å². The van der Waals surface area contributed by atoms with Crippen molar-refractivity contribution in [2.75, 3.05) is 0 Å². The van der Waals surface area contributed by atoms with Gasteiger partial charge < -0.3 is 5.11 Å². The summed E-state index contributed by atoms with van der Waals surface area (Å²) in [5.41, 5.74) is 0. The lowest BCUT2D eigenvalue weighted by molar-refractivity contribution is 0.221. The van der Waals surface area contributed by atoms with Crippen molar-refractivity contribution in [3.8, 4) is 11.8 Å². The van der Waals surface area contributed by atoms with Crippen molar-refractivity contribution in [2.45, 2.75) is 32.8 Å². The van der Waals surface area contributed by atoms with E-state index in [0.29, 0.717) is 0 Å². The fraction of sp³-hybridized carbons (Fsp3) is 0.714. The largest absolute Gasteiger partial charge is 0.380 e. The van der Waals surface area contributed by atoms with Crippen LogP contribution in [0.15, 0.2) is 0 Å². The molecular formula is C7H12O. The molecule has 1 N–H and O–H groups in total. The summed E-state index contributed by atoms with van der Waals surface area (Å²) in [4.78, 5) is 0. The van der Waals surface area contributed by atoms with Crippen LogP contribution in [0.2, 0.25) is 0 Å². The van der Waals surface area contributed by atoms with Crippen molar-refractivity contribution >= 4 is 0 Å². The van der Waals surface area contributed by atoms with Gasteiger partial charge in [0, 0.05) is 0 Å². The summed E-state index contributed by atoms with van der Waals surface area (Å²) in [6.07, 6.45) is 1.39. The highest BCUT2D eigenvalue weighted by Gasteiger charge is 1.92. The molecule has 0 heterocycles. The van der Waals surface area contributed by atoms with Crippen molar-refractivity contribution in [3.63, 3.8) is 0 Å². The lowest BCUT2D eigenvalue weighted by Crippen LogP contribution is -2.00. The van der Waals surface area contributed by atoms with E-state index in [1.54, 1.807) is 6.92 Å². The van der Waals surface area contributed by atoms with Crippen LogP contribution in [-0.4, -0.2) is 11.2 Å². The molecule has 0 fully saturated rings. The number of aliphatic hydroxyl groups is 1. The summed E-state index contributed by atoms with van der Waals surface area (Å²) in [6.45, 7) is 3.76. The summed E-state index contributed by atoms with van der Waals surface area (Å²) >= 11 is 0. The molecule has 0 aliphatic carbocycles. The van der Waals surface area contributed by atoms with E-state index in [4.69, 9.17) is 5.11 Å². The lowest BCUT2D eigenvalue weighted by Gasteiger charge is -1.96. The molecule has 0 aliphatic rings. The summed E-state index contributed by atoms with van der Waals surface area (Å²) < 4.78 is 0. The van der Waals surface area contributed by atoms with E-state index in [1.807, 2.05) is 6.92 Å². The second-order valence-electron chi connectivity index (χ2n) is 1.70. The van der Waals surface area contributed by atoms with Gasteiger partial charge in [0.05, 0.1) is 0 Å². The van der Waals surface area contributed by atoms with Crippen molar-refractivity contribution in [1.29, 1.82) is 0 Å². The van der Waals surface area contributed by atoms with E-state index >= 15 is 0 Å². The second-order valence-corrected chi connectivity index (χ2v) is 1.70. The van der Waals surface area contributed by atoms with Gasteiger partial charge in [0.25, 0.3) is 0 Å². The fourth-order valence-corrected chi connectivity index (χ4v) is 0.512. The first-order chi connectivity index (χ1) is 3.81. The van der Waals surface area contributed by atoms with Gasteiger partial charge in [-0.05, 0) is 13.3 Å². The summed E-state index contributed by atoms with van der Waals surface area (Å²) in [7, 11) is 0. The van der Waals surface area contributed by atoms with Gasteiger partial charge in [0.1, 0.15) is 6.10 Å². The Balaban J connectivity index is 3.27. The van der Waals surface area contributed by atoms with Gasteiger partial charge in [-0.15, -0.1) is 5.92 Å². The molecule has 1 heteroatoms. The predicted octanol–water partition coefficient (Wildman–Crippen LogP) is 1.17. The third-order valence-electron chi connectivity index (χ3n) is 0.873. The number of rotatable bonds is 2. The van der Waals surface area contributed by atoms with E-state index in [1.165, 1.54) is 0 Å². The third kappa shape index (κ3) is 3.70. The van der Waals surface area contributed by atoms with Crippen molar-refractivity contribution < 1.29 is 5.11 Å². The molecule has 1 atom stereocenters. The molecule has 0 aromatic heterocycles. The highest BCUT2D eigenvalue weighted by molar-refractivity contribution is 5.01. The van der Waals surface area contributed by atoms with E-state index in [-0.39, 0.29) is 0 Å². The van der Waals surface area contributed by atoms with E-state index in [9.17, 15) is 0 Å². The van der Waals surface area contributed by atoms with Crippen LogP contribution in [-0.2, 0) is 0 Å². The SMILES string of the molecule is CC#C[C@@H](O)CCC. The van der Waals surface area contributed by atoms with Crippen molar-refractivity contribution in [1.82, 2.24) is 0 Å². The Morgan fingerprint density at radius 2 is 2.25 bits per heavy atom. The summed E-state index contributed by atoms with van der Waals surface area (Å²) in [6, 6.07) is 0. The van der Waals surface area contributed by atoms with Crippen molar-refractivity contribution in [2.24, 2.45) is 0 Å². The molecule has 0 saturated heterocycles. The molecule has 0 bridgehead atoms. The standard InChI is InChI=1S/C7H12O/c1-3-5-7(8)6-4-2/h7-8H,3,5H2,1-2H3/t7-/m0/s1. The molecule has 46 valence electrons. The first-order valence-corrected chi connectivity index (χ1v) is 2.91. The van der Waals surface area contributed by atoms with Gasteiger partial charge in [0.2, 0.25) is 0 Å². The zero-order chi connectivity index (χ0) is 6.41. The van der Waals surface area contributed by atoms with Gasteiger partial charge in [-0.3, -0.25) is 0 Å². The Hall–Kier alpha value is -0.480.